The van der Waals surface area contributed by atoms with E-state index in [1.807, 2.05) is 12.1 Å². The molecule has 0 radical (unpaired) electrons. The highest BCUT2D eigenvalue weighted by molar-refractivity contribution is 6.35. The predicted octanol–water partition coefficient (Wildman–Crippen LogP) is 2.18. The lowest BCUT2D eigenvalue weighted by Gasteiger charge is -2.32. The maximum atomic E-state index is 13.1. The van der Waals surface area contributed by atoms with Gasteiger partial charge in [0.05, 0.1) is 15.9 Å². The van der Waals surface area contributed by atoms with Crippen LogP contribution in [0.5, 0.6) is 0 Å². The molecule has 1 aromatic carbocycles. The molecule has 1 aromatic heterocycles. The summed E-state index contributed by atoms with van der Waals surface area (Å²) in [4.78, 5) is 17.9. The van der Waals surface area contributed by atoms with Gasteiger partial charge in [-0.05, 0) is 24.5 Å². The summed E-state index contributed by atoms with van der Waals surface area (Å²) in [5.41, 5.74) is 0.633. The summed E-state index contributed by atoms with van der Waals surface area (Å²) >= 11 is 6.27. The van der Waals surface area contributed by atoms with Crippen LogP contribution in [0.25, 0.3) is 10.9 Å². The lowest BCUT2D eigenvalue weighted by molar-refractivity contribution is 0.457. The molecule has 2 aromatic rings. The Morgan fingerprint density at radius 2 is 2.04 bits per heavy atom. The molecule has 0 bridgehead atoms. The van der Waals surface area contributed by atoms with Crippen molar-refractivity contribution in [2.45, 2.75) is 26.7 Å². The van der Waals surface area contributed by atoms with Crippen molar-refractivity contribution in [3.8, 4) is 0 Å². The van der Waals surface area contributed by atoms with E-state index in [0.29, 0.717) is 21.8 Å². The second-order valence-electron chi connectivity index (χ2n) is 6.42. The first-order valence-electron chi connectivity index (χ1n) is 8.24. The highest BCUT2D eigenvalue weighted by atomic mass is 35.5. The minimum atomic E-state index is -0.0544. The first-order valence-corrected chi connectivity index (χ1v) is 8.62. The summed E-state index contributed by atoms with van der Waals surface area (Å²) in [7, 11) is 0. The van der Waals surface area contributed by atoms with E-state index in [1.54, 1.807) is 10.7 Å². The van der Waals surface area contributed by atoms with Gasteiger partial charge in [-0.1, -0.05) is 31.5 Å². The molecule has 2 heterocycles. The third-order valence-electron chi connectivity index (χ3n) is 4.21. The second-order valence-corrected chi connectivity index (χ2v) is 6.82. The van der Waals surface area contributed by atoms with Crippen LogP contribution in [-0.4, -0.2) is 35.8 Å². The van der Waals surface area contributed by atoms with Crippen LogP contribution >= 0.6 is 11.6 Å². The van der Waals surface area contributed by atoms with Crippen LogP contribution in [0.3, 0.4) is 0 Å². The van der Waals surface area contributed by atoms with Gasteiger partial charge in [-0.3, -0.25) is 4.79 Å². The predicted molar refractivity (Wildman–Crippen MR) is 95.0 cm³/mol. The monoisotopic (exact) mass is 334 g/mol. The zero-order chi connectivity index (χ0) is 16.4. The van der Waals surface area contributed by atoms with Gasteiger partial charge in [-0.25, -0.2) is 9.66 Å². The average Bonchev–Trinajstić information content (AvgIpc) is 2.53. The van der Waals surface area contributed by atoms with Gasteiger partial charge in [0.2, 0.25) is 0 Å². The van der Waals surface area contributed by atoms with Gasteiger partial charge in [-0.15, -0.1) is 0 Å². The molecule has 6 heteroatoms. The Kier molecular flexibility index (Phi) is 4.87. The lowest BCUT2D eigenvalue weighted by atomic mass is 10.1. The molecule has 1 N–H and O–H groups in total. The van der Waals surface area contributed by atoms with Crippen LogP contribution < -0.4 is 15.9 Å². The van der Waals surface area contributed by atoms with Gasteiger partial charge in [0.25, 0.3) is 5.56 Å². The van der Waals surface area contributed by atoms with Crippen LogP contribution in [0, 0.1) is 5.92 Å². The Bertz CT molecular complexity index is 750. The molecule has 1 fully saturated rings. The van der Waals surface area contributed by atoms with Crippen molar-refractivity contribution in [3.05, 3.63) is 39.4 Å². The van der Waals surface area contributed by atoms with E-state index in [2.05, 4.69) is 24.2 Å². The summed E-state index contributed by atoms with van der Waals surface area (Å²) in [6.45, 7) is 7.71. The number of benzene rings is 1. The molecule has 0 saturated carbocycles. The highest BCUT2D eigenvalue weighted by Gasteiger charge is 2.19. The molecule has 0 spiro atoms. The first-order chi connectivity index (χ1) is 11.1. The normalized spacial score (nSPS) is 15.6. The van der Waals surface area contributed by atoms with Crippen LogP contribution in [0.15, 0.2) is 23.0 Å². The van der Waals surface area contributed by atoms with Gasteiger partial charge in [-0.2, -0.15) is 0 Å². The molecule has 1 aliphatic heterocycles. The Hall–Kier alpha value is -1.59. The van der Waals surface area contributed by atoms with E-state index in [4.69, 9.17) is 16.6 Å². The number of aryl methyl sites for hydroxylation is 1. The number of halogens is 1. The maximum absolute atomic E-state index is 13.1. The van der Waals surface area contributed by atoms with E-state index in [0.717, 1.165) is 44.8 Å². The van der Waals surface area contributed by atoms with Gasteiger partial charge >= 0.3 is 0 Å². The number of fused-ring (bicyclic) bond motifs is 1. The van der Waals surface area contributed by atoms with Crippen molar-refractivity contribution >= 4 is 22.5 Å². The summed E-state index contributed by atoms with van der Waals surface area (Å²) in [5, 5.41) is 6.39. The fourth-order valence-corrected chi connectivity index (χ4v) is 3.20. The molecular formula is C17H23ClN4O. The Balaban J connectivity index is 2.15. The molecule has 23 heavy (non-hydrogen) atoms. The number of hydrogen-bond donors (Lipinski definition) is 1. The fourth-order valence-electron chi connectivity index (χ4n) is 2.95. The van der Waals surface area contributed by atoms with Crippen molar-refractivity contribution in [1.82, 2.24) is 15.0 Å². The van der Waals surface area contributed by atoms with E-state index in [9.17, 15) is 4.79 Å². The molecule has 0 aliphatic carbocycles. The van der Waals surface area contributed by atoms with E-state index in [-0.39, 0.29) is 5.56 Å². The highest BCUT2D eigenvalue weighted by Crippen LogP contribution is 2.20. The second kappa shape index (κ2) is 6.89. The molecule has 0 amide bonds. The zero-order valence-corrected chi connectivity index (χ0v) is 14.4. The molecule has 0 unspecified atom stereocenters. The minimum absolute atomic E-state index is 0.0544. The van der Waals surface area contributed by atoms with Crippen molar-refractivity contribution in [2.24, 2.45) is 5.92 Å². The molecule has 3 rings (SSSR count). The molecule has 0 atom stereocenters. The number of rotatable bonds is 4. The van der Waals surface area contributed by atoms with E-state index in [1.165, 1.54) is 0 Å². The molecule has 5 nitrogen and oxygen atoms in total. The first kappa shape index (κ1) is 16.3. The van der Waals surface area contributed by atoms with Crippen LogP contribution in [0.1, 0.15) is 26.1 Å². The third-order valence-corrected chi connectivity index (χ3v) is 4.53. The van der Waals surface area contributed by atoms with Gasteiger partial charge in [0.15, 0.2) is 0 Å². The number of aromatic nitrogens is 2. The van der Waals surface area contributed by atoms with Gasteiger partial charge in [0, 0.05) is 32.6 Å². The standard InChI is InChI=1S/C17H23ClN4O/c1-12(2)6-7-15-20-14-5-3-4-13(18)16(14)17(23)22(15)21-10-8-19-9-11-21/h3-5,12,19H,6-11H2,1-2H3. The largest absolute Gasteiger partial charge is 0.313 e. The number of hydrogen-bond acceptors (Lipinski definition) is 4. The zero-order valence-electron chi connectivity index (χ0n) is 13.7. The van der Waals surface area contributed by atoms with Crippen LogP contribution in [-0.2, 0) is 6.42 Å². The topological polar surface area (TPSA) is 50.2 Å². The van der Waals surface area contributed by atoms with Crippen LogP contribution in [0.4, 0.5) is 0 Å². The Morgan fingerprint density at radius 3 is 2.74 bits per heavy atom. The Morgan fingerprint density at radius 1 is 1.30 bits per heavy atom. The molecular weight excluding hydrogens is 312 g/mol. The molecule has 1 aliphatic rings. The van der Waals surface area contributed by atoms with Crippen molar-refractivity contribution in [3.63, 3.8) is 0 Å². The Labute approximate surface area is 141 Å². The van der Waals surface area contributed by atoms with Gasteiger partial charge in [0.1, 0.15) is 5.82 Å². The van der Waals surface area contributed by atoms with E-state index >= 15 is 0 Å². The summed E-state index contributed by atoms with van der Waals surface area (Å²) in [5.74, 6) is 1.40. The minimum Gasteiger partial charge on any atom is -0.313 e. The number of nitrogens with zero attached hydrogens (tertiary/aromatic N) is 3. The SMILES string of the molecule is CC(C)CCc1nc2cccc(Cl)c2c(=O)n1N1CCNCC1. The average molecular weight is 335 g/mol. The molecule has 1 saturated heterocycles. The third kappa shape index (κ3) is 3.35. The van der Waals surface area contributed by atoms with Gasteiger partial charge < -0.3 is 10.3 Å². The summed E-state index contributed by atoms with van der Waals surface area (Å²) in [6.07, 6.45) is 1.80. The van der Waals surface area contributed by atoms with Crippen molar-refractivity contribution in [2.75, 3.05) is 31.2 Å². The summed E-state index contributed by atoms with van der Waals surface area (Å²) < 4.78 is 1.76. The van der Waals surface area contributed by atoms with Crippen molar-refractivity contribution in [1.29, 1.82) is 0 Å². The summed E-state index contributed by atoms with van der Waals surface area (Å²) in [6, 6.07) is 5.46. The lowest BCUT2D eigenvalue weighted by Crippen LogP contribution is -2.54. The maximum Gasteiger partial charge on any atom is 0.281 e. The fraction of sp³-hybridized carbons (Fsp3) is 0.529. The number of piperazine rings is 1. The smallest absolute Gasteiger partial charge is 0.281 e. The van der Waals surface area contributed by atoms with E-state index < -0.39 is 0 Å². The molecule has 124 valence electrons. The van der Waals surface area contributed by atoms with Crippen molar-refractivity contribution < 1.29 is 0 Å². The number of nitrogens with one attached hydrogen (secondary N) is 1. The van der Waals surface area contributed by atoms with Crippen LogP contribution in [0.2, 0.25) is 5.02 Å². The quantitative estimate of drug-likeness (QED) is 0.931.